The molecule has 9 heteroatoms. The van der Waals surface area contributed by atoms with Crippen molar-refractivity contribution in [2.24, 2.45) is 5.92 Å². The van der Waals surface area contributed by atoms with Gasteiger partial charge < -0.3 is 24.8 Å². The molecule has 0 aromatic heterocycles. The van der Waals surface area contributed by atoms with Crippen molar-refractivity contribution in [3.8, 4) is 0 Å². The average Bonchev–Trinajstić information content (AvgIpc) is 2.65. The Morgan fingerprint density at radius 2 is 1.76 bits per heavy atom. The molecule has 0 heterocycles. The molecule has 2 N–H and O–H groups in total. The summed E-state index contributed by atoms with van der Waals surface area (Å²) in [7, 11) is 2.30. The van der Waals surface area contributed by atoms with Crippen molar-refractivity contribution < 1.29 is 33.9 Å². The van der Waals surface area contributed by atoms with E-state index in [9.17, 15) is 19.2 Å². The first-order chi connectivity index (χ1) is 13.6. The Kier molecular flexibility index (Phi) is 17.0. The largest absolute Gasteiger partial charge is 0.400 e. The van der Waals surface area contributed by atoms with Gasteiger partial charge in [0.05, 0.1) is 12.0 Å². The van der Waals surface area contributed by atoms with Gasteiger partial charge in [-0.05, 0) is 32.6 Å². The highest BCUT2D eigenvalue weighted by Gasteiger charge is 2.19. The summed E-state index contributed by atoms with van der Waals surface area (Å²) in [6.07, 6.45) is 2.16. The van der Waals surface area contributed by atoms with E-state index in [4.69, 9.17) is 14.7 Å². The summed E-state index contributed by atoms with van der Waals surface area (Å²) in [5, 5.41) is 10.5. The van der Waals surface area contributed by atoms with Crippen LogP contribution in [0, 0.1) is 5.92 Å². The van der Waals surface area contributed by atoms with Crippen LogP contribution in [0.5, 0.6) is 0 Å². The van der Waals surface area contributed by atoms with E-state index in [1.54, 1.807) is 0 Å². The summed E-state index contributed by atoms with van der Waals surface area (Å²) in [6, 6.07) is 0. The number of hydrogen-bond donors (Lipinski definition) is 2. The second-order valence-corrected chi connectivity index (χ2v) is 7.45. The van der Waals surface area contributed by atoms with Gasteiger partial charge in [0, 0.05) is 46.6 Å². The number of hydroxylamine groups is 2. The molecule has 0 fully saturated rings. The van der Waals surface area contributed by atoms with Crippen LogP contribution >= 0.6 is 0 Å². The third kappa shape index (κ3) is 17.8. The van der Waals surface area contributed by atoms with E-state index in [-0.39, 0.29) is 37.2 Å². The summed E-state index contributed by atoms with van der Waals surface area (Å²) in [5.41, 5.74) is -0.328. The van der Waals surface area contributed by atoms with E-state index in [2.05, 4.69) is 19.2 Å². The van der Waals surface area contributed by atoms with Crippen LogP contribution in [0.1, 0.15) is 66.2 Å². The maximum atomic E-state index is 11.8. The maximum Gasteiger partial charge on any atom is 0.333 e. The van der Waals surface area contributed by atoms with Crippen LogP contribution in [-0.2, 0) is 28.8 Å². The Labute approximate surface area is 174 Å². The van der Waals surface area contributed by atoms with E-state index in [0.717, 1.165) is 18.6 Å². The van der Waals surface area contributed by atoms with E-state index >= 15 is 0 Å². The van der Waals surface area contributed by atoms with Gasteiger partial charge in [0.2, 0.25) is 5.91 Å². The van der Waals surface area contributed by atoms with Crippen LogP contribution in [0.4, 0.5) is 0 Å². The number of nitrogens with zero attached hydrogens (tertiary/aromatic N) is 1. The lowest BCUT2D eigenvalue weighted by atomic mass is 10.0. The zero-order valence-electron chi connectivity index (χ0n) is 18.7. The van der Waals surface area contributed by atoms with Gasteiger partial charge in [-0.25, -0.2) is 4.79 Å². The van der Waals surface area contributed by atoms with Gasteiger partial charge in [-0.15, -0.1) is 0 Å². The predicted octanol–water partition coefficient (Wildman–Crippen LogP) is 1.62. The fraction of sp³-hybridized carbons (Fsp3) is 0.800. The quantitative estimate of drug-likeness (QED) is 0.344. The number of hydrogen-bond acceptors (Lipinski definition) is 7. The van der Waals surface area contributed by atoms with Crippen molar-refractivity contribution in [1.29, 1.82) is 0 Å². The maximum absolute atomic E-state index is 11.8. The molecule has 0 aliphatic rings. The number of aldehydes is 1. The Morgan fingerprint density at radius 1 is 1.14 bits per heavy atom. The summed E-state index contributed by atoms with van der Waals surface area (Å²) in [6.45, 7) is 9.37. The first-order valence-electron chi connectivity index (χ1n) is 9.83. The van der Waals surface area contributed by atoms with Gasteiger partial charge in [-0.3, -0.25) is 9.59 Å². The Balaban J connectivity index is 0. The molecule has 9 nitrogen and oxygen atoms in total. The highest BCUT2D eigenvalue weighted by Crippen LogP contribution is 2.15. The summed E-state index contributed by atoms with van der Waals surface area (Å²) in [4.78, 5) is 50.0. The molecule has 0 aromatic carbocycles. The second kappa shape index (κ2) is 16.9. The third-order valence-electron chi connectivity index (χ3n) is 3.86. The number of amides is 2. The summed E-state index contributed by atoms with van der Waals surface area (Å²) < 4.78 is 5.83. The van der Waals surface area contributed by atoms with Crippen molar-refractivity contribution in [2.75, 3.05) is 27.3 Å². The molecular formula is C20H38N2O7. The molecule has 0 unspecified atom stereocenters. The predicted molar refractivity (Wildman–Crippen MR) is 109 cm³/mol. The lowest BCUT2D eigenvalue weighted by Crippen LogP contribution is -2.34. The number of carbonyl (C=O) groups is 4. The van der Waals surface area contributed by atoms with Crippen LogP contribution in [-0.4, -0.2) is 67.1 Å². The molecule has 0 atom stereocenters. The van der Waals surface area contributed by atoms with Gasteiger partial charge in [-0.1, -0.05) is 13.8 Å². The number of nitrogens with one attached hydrogen (secondary N) is 1. The van der Waals surface area contributed by atoms with Gasteiger partial charge in [0.25, 0.3) is 5.91 Å². The fourth-order valence-corrected chi connectivity index (χ4v) is 2.04. The van der Waals surface area contributed by atoms with E-state index in [1.165, 1.54) is 7.05 Å². The first kappa shape index (κ1) is 29.2. The molecule has 0 bridgehead atoms. The Hall–Kier alpha value is -2.00. The lowest BCUT2D eigenvalue weighted by molar-refractivity contribution is -0.192. The number of rotatable bonds is 13. The minimum absolute atomic E-state index is 0.0240. The van der Waals surface area contributed by atoms with Gasteiger partial charge in [-0.2, -0.15) is 5.06 Å². The van der Waals surface area contributed by atoms with Crippen LogP contribution in [0.15, 0.2) is 0 Å². The fourth-order valence-electron chi connectivity index (χ4n) is 2.04. The lowest BCUT2D eigenvalue weighted by Gasteiger charge is -2.26. The van der Waals surface area contributed by atoms with Crippen LogP contribution in [0.25, 0.3) is 0 Å². The molecule has 2 amide bonds. The van der Waals surface area contributed by atoms with E-state index in [0.29, 0.717) is 31.8 Å². The molecule has 0 radical (unpaired) electrons. The number of carbonyl (C=O) groups excluding carboxylic acids is 4. The molecule has 0 aromatic rings. The van der Waals surface area contributed by atoms with Crippen LogP contribution < -0.4 is 5.32 Å². The van der Waals surface area contributed by atoms with Crippen molar-refractivity contribution in [3.63, 3.8) is 0 Å². The molecule has 29 heavy (non-hydrogen) atoms. The number of ether oxygens (including phenoxy) is 1. The molecular weight excluding hydrogens is 380 g/mol. The van der Waals surface area contributed by atoms with Crippen molar-refractivity contribution >= 4 is 24.1 Å². The molecule has 0 aliphatic heterocycles. The van der Waals surface area contributed by atoms with Gasteiger partial charge >= 0.3 is 5.97 Å². The normalized spacial score (nSPS) is 10.6. The van der Waals surface area contributed by atoms with E-state index < -0.39 is 11.9 Å². The second-order valence-electron chi connectivity index (χ2n) is 7.45. The standard InChI is InChI=1S/C19H34N2O6.CH4O/c1-15(2)10-14-26-19(3,4)11-12-20-16(23)8-9-18(25)27-21(5)17(24)7-6-13-22;1-2/h13,15H,6-12,14H2,1-5H3,(H,20,23);2H,1H3. The summed E-state index contributed by atoms with van der Waals surface area (Å²) >= 11 is 0. The zero-order valence-corrected chi connectivity index (χ0v) is 18.7. The molecule has 0 saturated carbocycles. The topological polar surface area (TPSA) is 122 Å². The third-order valence-corrected chi connectivity index (χ3v) is 3.86. The van der Waals surface area contributed by atoms with Crippen LogP contribution in [0.3, 0.4) is 0 Å². The van der Waals surface area contributed by atoms with E-state index in [1.807, 2.05) is 13.8 Å². The SMILES string of the molecule is CC(C)CCOC(C)(C)CCNC(=O)CCC(=O)ON(C)C(=O)CCC=O.CO. The molecule has 170 valence electrons. The summed E-state index contributed by atoms with van der Waals surface area (Å²) in [5.74, 6) is -0.830. The Morgan fingerprint density at radius 3 is 2.31 bits per heavy atom. The molecule has 0 rings (SSSR count). The molecule has 0 saturated heterocycles. The monoisotopic (exact) mass is 418 g/mol. The van der Waals surface area contributed by atoms with Crippen LogP contribution in [0.2, 0.25) is 0 Å². The van der Waals surface area contributed by atoms with Gasteiger partial charge in [0.15, 0.2) is 0 Å². The minimum atomic E-state index is -0.676. The number of aliphatic hydroxyl groups excluding tert-OH is 1. The smallest absolute Gasteiger partial charge is 0.333 e. The average molecular weight is 419 g/mol. The molecule has 0 spiro atoms. The van der Waals surface area contributed by atoms with Crippen molar-refractivity contribution in [1.82, 2.24) is 10.4 Å². The van der Waals surface area contributed by atoms with Crippen molar-refractivity contribution in [2.45, 2.75) is 71.8 Å². The highest BCUT2D eigenvalue weighted by molar-refractivity contribution is 5.82. The molecule has 0 aliphatic carbocycles. The van der Waals surface area contributed by atoms with Crippen molar-refractivity contribution in [3.05, 3.63) is 0 Å². The van der Waals surface area contributed by atoms with Gasteiger partial charge in [0.1, 0.15) is 6.29 Å². The minimum Gasteiger partial charge on any atom is -0.400 e. The number of aliphatic hydroxyl groups is 1. The zero-order chi connectivity index (χ0) is 22.9. The highest BCUT2D eigenvalue weighted by atomic mass is 16.7. The first-order valence-corrected chi connectivity index (χ1v) is 9.83. The Bertz CT molecular complexity index is 493.